The maximum Gasteiger partial charge on any atom is 0.498 e. The molecule has 24 heavy (non-hydrogen) atoms. The van der Waals surface area contributed by atoms with Crippen LogP contribution in [0.1, 0.15) is 58.9 Å². The third-order valence-electron chi connectivity index (χ3n) is 3.47. The maximum absolute atomic E-state index is 13.1. The molecule has 0 aliphatic carbocycles. The molecule has 0 aliphatic rings. The first-order valence-corrected chi connectivity index (χ1v) is 10.7. The van der Waals surface area contributed by atoms with Gasteiger partial charge >= 0.3 is 8.80 Å². The topological polar surface area (TPSA) is 38.7 Å². The van der Waals surface area contributed by atoms with Crippen LogP contribution in [0.5, 0.6) is 0 Å². The van der Waals surface area contributed by atoms with E-state index in [9.17, 15) is 13.6 Å². The fourth-order valence-corrected chi connectivity index (χ4v) is 5.13. The second kappa shape index (κ2) is 10.2. The Bertz CT molecular complexity index is 465. The third-order valence-corrected chi connectivity index (χ3v) is 6.14. The quantitative estimate of drug-likeness (QED) is 0.453. The molecule has 0 radical (unpaired) electrons. The van der Waals surface area contributed by atoms with Crippen molar-refractivity contribution in [2.75, 3.05) is 0 Å². The van der Waals surface area contributed by atoms with Gasteiger partial charge in [-0.2, -0.15) is 0 Å². The van der Waals surface area contributed by atoms with Crippen LogP contribution in [0.4, 0.5) is 8.78 Å². The molecule has 1 rings (SSSR count). The number of benzene rings is 1. The summed E-state index contributed by atoms with van der Waals surface area (Å²) in [6, 6.07) is 4.18. The molecule has 3 nitrogen and oxygen atoms in total. The summed E-state index contributed by atoms with van der Waals surface area (Å²) in [5, 5.41) is 0. The summed E-state index contributed by atoms with van der Waals surface area (Å²) in [5.41, 5.74) is 0.685. The standard InChI is InChI=1S/C18H30F2O3Si/c1-14(2)22-24(21,23-15(3)4)10-8-6-5-7-9-16-11-17(19)13-18(20)12-16/h11-15,21H,5-10H2,1-4H3. The van der Waals surface area contributed by atoms with E-state index in [-0.39, 0.29) is 12.2 Å². The Hall–Kier alpha value is -0.823. The monoisotopic (exact) mass is 360 g/mol. The first-order valence-electron chi connectivity index (χ1n) is 8.73. The molecule has 0 bridgehead atoms. The van der Waals surface area contributed by atoms with Crippen molar-refractivity contribution in [1.29, 1.82) is 0 Å². The van der Waals surface area contributed by atoms with Crippen molar-refractivity contribution in [2.45, 2.75) is 78.1 Å². The molecule has 0 spiro atoms. The van der Waals surface area contributed by atoms with E-state index in [0.717, 1.165) is 31.7 Å². The Labute approximate surface area is 145 Å². The smallest absolute Gasteiger partial charge is 0.390 e. The molecule has 0 amide bonds. The summed E-state index contributed by atoms with van der Waals surface area (Å²) in [5.74, 6) is -1.06. The molecule has 138 valence electrons. The van der Waals surface area contributed by atoms with Crippen LogP contribution in [0.3, 0.4) is 0 Å². The van der Waals surface area contributed by atoms with Crippen molar-refractivity contribution in [1.82, 2.24) is 0 Å². The highest BCUT2D eigenvalue weighted by Crippen LogP contribution is 2.20. The zero-order valence-corrected chi connectivity index (χ0v) is 16.1. The van der Waals surface area contributed by atoms with Gasteiger partial charge in [-0.3, -0.25) is 0 Å². The Kier molecular flexibility index (Phi) is 9.05. The number of hydrogen-bond donors (Lipinski definition) is 1. The van der Waals surface area contributed by atoms with E-state index < -0.39 is 20.4 Å². The second-order valence-corrected chi connectivity index (χ2v) is 9.13. The summed E-state index contributed by atoms with van der Waals surface area (Å²) in [4.78, 5) is 10.6. The van der Waals surface area contributed by atoms with Gasteiger partial charge in [-0.25, -0.2) is 8.78 Å². The van der Waals surface area contributed by atoms with Crippen LogP contribution < -0.4 is 0 Å². The normalized spacial score (nSPS) is 12.4. The SMILES string of the molecule is CC(C)O[Si](O)(CCCCCCc1cc(F)cc(F)c1)OC(C)C. The van der Waals surface area contributed by atoms with Crippen molar-refractivity contribution < 1.29 is 22.4 Å². The van der Waals surface area contributed by atoms with Gasteiger partial charge in [0, 0.05) is 24.3 Å². The largest absolute Gasteiger partial charge is 0.498 e. The molecule has 0 aromatic heterocycles. The average Bonchev–Trinajstić information content (AvgIpc) is 2.39. The Morgan fingerprint density at radius 3 is 1.88 bits per heavy atom. The lowest BCUT2D eigenvalue weighted by atomic mass is 10.1. The van der Waals surface area contributed by atoms with Crippen LogP contribution >= 0.6 is 0 Å². The molecule has 6 heteroatoms. The first-order chi connectivity index (χ1) is 11.2. The molecular formula is C18H30F2O3Si. The maximum atomic E-state index is 13.1. The average molecular weight is 361 g/mol. The molecular weight excluding hydrogens is 330 g/mol. The summed E-state index contributed by atoms with van der Waals surface area (Å²) in [7, 11) is -3.11. The van der Waals surface area contributed by atoms with Gasteiger partial charge in [-0.15, -0.1) is 0 Å². The van der Waals surface area contributed by atoms with Crippen molar-refractivity contribution >= 4 is 8.80 Å². The molecule has 0 fully saturated rings. The van der Waals surface area contributed by atoms with Crippen LogP contribution in [-0.4, -0.2) is 25.8 Å². The van der Waals surface area contributed by atoms with Crippen LogP contribution in [0.15, 0.2) is 18.2 Å². The lowest BCUT2D eigenvalue weighted by molar-refractivity contribution is 0.0472. The van der Waals surface area contributed by atoms with Crippen molar-refractivity contribution in [3.05, 3.63) is 35.4 Å². The molecule has 1 N–H and O–H groups in total. The highest BCUT2D eigenvalue weighted by molar-refractivity contribution is 6.59. The highest BCUT2D eigenvalue weighted by Gasteiger charge is 2.38. The molecule has 0 heterocycles. The van der Waals surface area contributed by atoms with Gasteiger partial charge in [-0.1, -0.05) is 12.8 Å². The van der Waals surface area contributed by atoms with Crippen LogP contribution in [-0.2, 0) is 15.3 Å². The lowest BCUT2D eigenvalue weighted by Gasteiger charge is -2.28. The molecule has 0 atom stereocenters. The van der Waals surface area contributed by atoms with Gasteiger partial charge < -0.3 is 13.6 Å². The van der Waals surface area contributed by atoms with Gasteiger partial charge in [0.15, 0.2) is 0 Å². The van der Waals surface area contributed by atoms with Gasteiger partial charge in [0.25, 0.3) is 0 Å². The van der Waals surface area contributed by atoms with Crippen molar-refractivity contribution in [2.24, 2.45) is 0 Å². The van der Waals surface area contributed by atoms with E-state index in [2.05, 4.69) is 0 Å². The van der Waals surface area contributed by atoms with E-state index in [0.29, 0.717) is 18.0 Å². The zero-order valence-electron chi connectivity index (χ0n) is 15.1. The minimum atomic E-state index is -3.11. The second-order valence-electron chi connectivity index (χ2n) is 6.74. The Balaban J connectivity index is 2.30. The summed E-state index contributed by atoms with van der Waals surface area (Å²) < 4.78 is 37.5. The Morgan fingerprint density at radius 1 is 0.875 bits per heavy atom. The predicted octanol–water partition coefficient (Wildman–Crippen LogP) is 4.85. The number of aryl methyl sites for hydroxylation is 1. The summed E-state index contributed by atoms with van der Waals surface area (Å²) >= 11 is 0. The lowest BCUT2D eigenvalue weighted by Crippen LogP contribution is -2.46. The fourth-order valence-electron chi connectivity index (χ4n) is 2.67. The van der Waals surface area contributed by atoms with Crippen molar-refractivity contribution in [3.63, 3.8) is 0 Å². The third kappa shape index (κ3) is 8.87. The van der Waals surface area contributed by atoms with Crippen molar-refractivity contribution in [3.8, 4) is 0 Å². The first kappa shape index (κ1) is 21.2. The molecule has 0 saturated carbocycles. The number of unbranched alkanes of at least 4 members (excludes halogenated alkanes) is 3. The Morgan fingerprint density at radius 2 is 1.38 bits per heavy atom. The molecule has 0 saturated heterocycles. The van der Waals surface area contributed by atoms with E-state index in [1.54, 1.807) is 0 Å². The van der Waals surface area contributed by atoms with E-state index in [1.807, 2.05) is 27.7 Å². The molecule has 0 unspecified atom stereocenters. The molecule has 1 aromatic carbocycles. The van der Waals surface area contributed by atoms with Gasteiger partial charge in [0.05, 0.1) is 0 Å². The predicted molar refractivity (Wildman–Crippen MR) is 93.8 cm³/mol. The number of rotatable bonds is 11. The van der Waals surface area contributed by atoms with E-state index in [4.69, 9.17) is 8.85 Å². The van der Waals surface area contributed by atoms with Gasteiger partial charge in [0.2, 0.25) is 0 Å². The van der Waals surface area contributed by atoms with E-state index in [1.165, 1.54) is 12.1 Å². The fraction of sp³-hybridized carbons (Fsp3) is 0.667. The van der Waals surface area contributed by atoms with E-state index >= 15 is 0 Å². The minimum absolute atomic E-state index is 0.0664. The summed E-state index contributed by atoms with van der Waals surface area (Å²) in [6.45, 7) is 7.55. The van der Waals surface area contributed by atoms with Gasteiger partial charge in [0.1, 0.15) is 11.6 Å². The van der Waals surface area contributed by atoms with Gasteiger partial charge in [-0.05, 0) is 64.7 Å². The molecule has 0 aliphatic heterocycles. The number of hydrogen-bond acceptors (Lipinski definition) is 3. The van der Waals surface area contributed by atoms with Crippen LogP contribution in [0, 0.1) is 11.6 Å². The van der Waals surface area contributed by atoms with Crippen LogP contribution in [0.2, 0.25) is 6.04 Å². The number of halogens is 2. The highest BCUT2D eigenvalue weighted by atomic mass is 28.4. The summed E-state index contributed by atoms with van der Waals surface area (Å²) in [6.07, 6.45) is 4.06. The zero-order chi connectivity index (χ0) is 18.2. The minimum Gasteiger partial charge on any atom is -0.390 e. The van der Waals surface area contributed by atoms with Crippen LogP contribution in [0.25, 0.3) is 0 Å². The molecule has 1 aromatic rings.